The Labute approximate surface area is 117 Å². The van der Waals surface area contributed by atoms with Crippen LogP contribution in [0.3, 0.4) is 0 Å². The molecule has 6 heteroatoms. The van der Waals surface area contributed by atoms with Gasteiger partial charge in [0, 0.05) is 36.9 Å². The van der Waals surface area contributed by atoms with Crippen LogP contribution in [0.2, 0.25) is 0 Å². The van der Waals surface area contributed by atoms with Crippen LogP contribution in [0.5, 0.6) is 6.01 Å². The maximum Gasteiger partial charge on any atom is 0.316 e. The number of aromatic nitrogens is 3. The summed E-state index contributed by atoms with van der Waals surface area (Å²) in [5, 5.41) is 2.80. The van der Waals surface area contributed by atoms with Crippen molar-refractivity contribution in [3.8, 4) is 6.01 Å². The highest BCUT2D eigenvalue weighted by molar-refractivity contribution is 5.90. The number of carbonyl (C=O) groups is 1. The number of amides is 1. The van der Waals surface area contributed by atoms with Gasteiger partial charge < -0.3 is 10.1 Å². The maximum absolute atomic E-state index is 11.8. The molecule has 1 amide bonds. The molecule has 0 aromatic carbocycles. The molecule has 0 aliphatic carbocycles. The van der Waals surface area contributed by atoms with Gasteiger partial charge >= 0.3 is 6.01 Å². The zero-order chi connectivity index (χ0) is 14.2. The summed E-state index contributed by atoms with van der Waals surface area (Å²) < 4.78 is 5.16. The van der Waals surface area contributed by atoms with Crippen LogP contribution in [0.4, 0.5) is 5.69 Å². The van der Waals surface area contributed by atoms with E-state index in [1.54, 1.807) is 36.9 Å². The standard InChI is InChI=1S/C14H16N4O2/c1-2-20-14-16-9-11(10-17-14)3-4-13(19)18-12-5-7-15-8-6-12/h5-10H,2-4H2,1H3,(H,15,18,19). The van der Waals surface area contributed by atoms with Crippen molar-refractivity contribution < 1.29 is 9.53 Å². The summed E-state index contributed by atoms with van der Waals surface area (Å²) >= 11 is 0. The fourth-order valence-electron chi connectivity index (χ4n) is 1.59. The highest BCUT2D eigenvalue weighted by Crippen LogP contribution is 2.07. The largest absolute Gasteiger partial charge is 0.464 e. The van der Waals surface area contributed by atoms with Gasteiger partial charge in [-0.2, -0.15) is 0 Å². The Morgan fingerprint density at radius 2 is 1.95 bits per heavy atom. The third kappa shape index (κ3) is 4.31. The molecule has 2 heterocycles. The summed E-state index contributed by atoms with van der Waals surface area (Å²) in [5.41, 5.74) is 1.64. The Kier molecular flexibility index (Phi) is 5.00. The number of ether oxygens (including phenoxy) is 1. The highest BCUT2D eigenvalue weighted by atomic mass is 16.5. The number of carbonyl (C=O) groups excluding carboxylic acids is 1. The molecular formula is C14H16N4O2. The zero-order valence-electron chi connectivity index (χ0n) is 11.2. The maximum atomic E-state index is 11.8. The van der Waals surface area contributed by atoms with Crippen molar-refractivity contribution in [2.75, 3.05) is 11.9 Å². The van der Waals surface area contributed by atoms with Gasteiger partial charge in [-0.25, -0.2) is 9.97 Å². The number of rotatable bonds is 6. The molecule has 0 saturated heterocycles. The molecule has 2 aromatic rings. The second-order valence-corrected chi connectivity index (χ2v) is 4.09. The SMILES string of the molecule is CCOc1ncc(CCC(=O)Nc2ccncc2)cn1. The van der Waals surface area contributed by atoms with Crippen molar-refractivity contribution >= 4 is 11.6 Å². The lowest BCUT2D eigenvalue weighted by molar-refractivity contribution is -0.116. The van der Waals surface area contributed by atoms with Gasteiger partial charge in [0.05, 0.1) is 6.61 Å². The molecular weight excluding hydrogens is 256 g/mol. The second kappa shape index (κ2) is 7.18. The lowest BCUT2D eigenvalue weighted by Gasteiger charge is -2.05. The molecule has 0 radical (unpaired) electrons. The minimum Gasteiger partial charge on any atom is -0.464 e. The monoisotopic (exact) mass is 272 g/mol. The van der Waals surface area contributed by atoms with Crippen molar-refractivity contribution in [2.45, 2.75) is 19.8 Å². The number of hydrogen-bond donors (Lipinski definition) is 1. The summed E-state index contributed by atoms with van der Waals surface area (Å²) in [6.45, 7) is 2.41. The van der Waals surface area contributed by atoms with Crippen LogP contribution in [0.25, 0.3) is 0 Å². The van der Waals surface area contributed by atoms with Gasteiger partial charge in [0.25, 0.3) is 0 Å². The van der Waals surface area contributed by atoms with Crippen LogP contribution in [0.15, 0.2) is 36.9 Å². The Morgan fingerprint density at radius 1 is 1.25 bits per heavy atom. The summed E-state index contributed by atoms with van der Waals surface area (Å²) in [4.78, 5) is 23.8. The minimum atomic E-state index is -0.0508. The van der Waals surface area contributed by atoms with Gasteiger partial charge in [0.1, 0.15) is 0 Å². The average Bonchev–Trinajstić information content (AvgIpc) is 2.48. The molecule has 0 bridgehead atoms. The van der Waals surface area contributed by atoms with E-state index < -0.39 is 0 Å². The molecule has 0 aliphatic heterocycles. The Hall–Kier alpha value is -2.50. The smallest absolute Gasteiger partial charge is 0.316 e. The van der Waals surface area contributed by atoms with Crippen molar-refractivity contribution in [1.82, 2.24) is 15.0 Å². The van der Waals surface area contributed by atoms with Gasteiger partial charge in [-0.1, -0.05) is 0 Å². The lowest BCUT2D eigenvalue weighted by Crippen LogP contribution is -2.12. The number of hydrogen-bond acceptors (Lipinski definition) is 5. The summed E-state index contributed by atoms with van der Waals surface area (Å²) in [6.07, 6.45) is 7.59. The zero-order valence-corrected chi connectivity index (χ0v) is 11.2. The number of aryl methyl sites for hydroxylation is 1. The van der Waals surface area contributed by atoms with Gasteiger partial charge in [-0.3, -0.25) is 9.78 Å². The normalized spacial score (nSPS) is 10.1. The van der Waals surface area contributed by atoms with E-state index in [2.05, 4.69) is 20.3 Å². The molecule has 0 spiro atoms. The molecule has 0 atom stereocenters. The highest BCUT2D eigenvalue weighted by Gasteiger charge is 2.04. The van der Waals surface area contributed by atoms with Crippen LogP contribution in [-0.4, -0.2) is 27.5 Å². The molecule has 104 valence electrons. The first kappa shape index (κ1) is 13.9. The third-order valence-electron chi connectivity index (χ3n) is 2.56. The summed E-state index contributed by atoms with van der Waals surface area (Å²) in [6, 6.07) is 3.85. The Morgan fingerprint density at radius 3 is 2.60 bits per heavy atom. The fourth-order valence-corrected chi connectivity index (χ4v) is 1.59. The molecule has 0 saturated carbocycles. The van der Waals surface area contributed by atoms with Gasteiger partial charge in [-0.05, 0) is 31.0 Å². The Bertz CT molecular complexity index is 543. The first-order valence-corrected chi connectivity index (χ1v) is 6.41. The average molecular weight is 272 g/mol. The lowest BCUT2D eigenvalue weighted by atomic mass is 10.2. The van der Waals surface area contributed by atoms with Crippen molar-refractivity contribution in [2.24, 2.45) is 0 Å². The van der Waals surface area contributed by atoms with E-state index >= 15 is 0 Å². The van der Waals surface area contributed by atoms with Gasteiger partial charge in [0.2, 0.25) is 5.91 Å². The second-order valence-electron chi connectivity index (χ2n) is 4.09. The third-order valence-corrected chi connectivity index (χ3v) is 2.56. The number of nitrogens with one attached hydrogen (secondary N) is 1. The number of pyridine rings is 1. The van der Waals surface area contributed by atoms with Crippen LogP contribution >= 0.6 is 0 Å². The van der Waals surface area contributed by atoms with Crippen molar-refractivity contribution in [3.63, 3.8) is 0 Å². The fraction of sp³-hybridized carbons (Fsp3) is 0.286. The molecule has 0 unspecified atom stereocenters. The molecule has 20 heavy (non-hydrogen) atoms. The molecule has 0 fully saturated rings. The number of nitrogens with zero attached hydrogens (tertiary/aromatic N) is 3. The summed E-state index contributed by atoms with van der Waals surface area (Å²) in [5.74, 6) is -0.0508. The van der Waals surface area contributed by atoms with E-state index in [9.17, 15) is 4.79 Å². The predicted molar refractivity (Wildman–Crippen MR) is 74.4 cm³/mol. The molecule has 2 rings (SSSR count). The predicted octanol–water partition coefficient (Wildman–Crippen LogP) is 1.84. The molecule has 6 nitrogen and oxygen atoms in total. The minimum absolute atomic E-state index is 0.0508. The van der Waals surface area contributed by atoms with Crippen LogP contribution in [0.1, 0.15) is 18.9 Å². The topological polar surface area (TPSA) is 77.0 Å². The van der Waals surface area contributed by atoms with Crippen LogP contribution in [0, 0.1) is 0 Å². The van der Waals surface area contributed by atoms with Gasteiger partial charge in [0.15, 0.2) is 0 Å². The first-order valence-electron chi connectivity index (χ1n) is 6.41. The molecule has 1 N–H and O–H groups in total. The first-order chi connectivity index (χ1) is 9.78. The van der Waals surface area contributed by atoms with E-state index in [-0.39, 0.29) is 5.91 Å². The van der Waals surface area contributed by atoms with E-state index in [0.717, 1.165) is 11.3 Å². The van der Waals surface area contributed by atoms with E-state index in [1.165, 1.54) is 0 Å². The van der Waals surface area contributed by atoms with E-state index in [0.29, 0.717) is 25.5 Å². The molecule has 2 aromatic heterocycles. The quantitative estimate of drug-likeness (QED) is 0.868. The molecule has 0 aliphatic rings. The van der Waals surface area contributed by atoms with Crippen LogP contribution < -0.4 is 10.1 Å². The van der Waals surface area contributed by atoms with Crippen molar-refractivity contribution in [3.05, 3.63) is 42.5 Å². The summed E-state index contributed by atoms with van der Waals surface area (Å²) in [7, 11) is 0. The van der Waals surface area contributed by atoms with Crippen LogP contribution in [-0.2, 0) is 11.2 Å². The number of anilines is 1. The van der Waals surface area contributed by atoms with E-state index in [4.69, 9.17) is 4.74 Å². The van der Waals surface area contributed by atoms with E-state index in [1.807, 2.05) is 6.92 Å². The Balaban J connectivity index is 1.81. The van der Waals surface area contributed by atoms with Crippen molar-refractivity contribution in [1.29, 1.82) is 0 Å². The van der Waals surface area contributed by atoms with Gasteiger partial charge in [-0.15, -0.1) is 0 Å².